The lowest BCUT2D eigenvalue weighted by Gasteiger charge is -2.29. The van der Waals surface area contributed by atoms with Crippen molar-refractivity contribution < 1.29 is 9.53 Å². The van der Waals surface area contributed by atoms with E-state index in [1.54, 1.807) is 0 Å². The summed E-state index contributed by atoms with van der Waals surface area (Å²) in [5.41, 5.74) is 1.27. The van der Waals surface area contributed by atoms with E-state index in [0.717, 1.165) is 11.1 Å². The number of carbonyl (C=O) groups excluding carboxylic acids is 1. The molecule has 0 amide bonds. The van der Waals surface area contributed by atoms with Crippen molar-refractivity contribution in [3.05, 3.63) is 71.8 Å². The molecule has 3 heteroatoms. The van der Waals surface area contributed by atoms with Crippen LogP contribution < -0.4 is 0 Å². The van der Waals surface area contributed by atoms with E-state index in [0.29, 0.717) is 0 Å². The Bertz CT molecular complexity index is 696. The first-order valence-electron chi connectivity index (χ1n) is 8.12. The number of esters is 1. The van der Waals surface area contributed by atoms with Crippen LogP contribution in [0.25, 0.3) is 0 Å². The van der Waals surface area contributed by atoms with Gasteiger partial charge in [0, 0.05) is 12.3 Å². The molecule has 0 saturated heterocycles. The van der Waals surface area contributed by atoms with Gasteiger partial charge in [-0.05, 0) is 31.9 Å². The van der Waals surface area contributed by atoms with Crippen LogP contribution in [0.1, 0.15) is 50.2 Å². The smallest absolute Gasteiger partial charge is 0.314 e. The Morgan fingerprint density at radius 2 is 1.50 bits per heavy atom. The van der Waals surface area contributed by atoms with Gasteiger partial charge < -0.3 is 4.74 Å². The Balaban J connectivity index is 2.47. The zero-order valence-electron chi connectivity index (χ0n) is 14.4. The summed E-state index contributed by atoms with van der Waals surface area (Å²) < 4.78 is 5.65. The predicted molar refractivity (Wildman–Crippen MR) is 94.4 cm³/mol. The average molecular weight is 321 g/mol. The number of carbonyl (C=O) groups is 1. The van der Waals surface area contributed by atoms with Crippen LogP contribution in [0.5, 0.6) is 0 Å². The second kappa shape index (κ2) is 7.79. The first-order chi connectivity index (χ1) is 11.4. The minimum absolute atomic E-state index is 0.242. The third-order valence-electron chi connectivity index (χ3n) is 3.76. The molecule has 0 aliphatic carbocycles. The van der Waals surface area contributed by atoms with Gasteiger partial charge in [0.25, 0.3) is 0 Å². The molecule has 0 N–H and O–H groups in total. The molecule has 0 spiro atoms. The van der Waals surface area contributed by atoms with Gasteiger partial charge in [0.2, 0.25) is 0 Å². The molecule has 0 fully saturated rings. The summed E-state index contributed by atoms with van der Waals surface area (Å²) in [5, 5.41) is 9.31. The maximum atomic E-state index is 12.9. The van der Waals surface area contributed by atoms with Crippen LogP contribution in [0, 0.1) is 11.3 Å². The Morgan fingerprint density at radius 1 is 1.00 bits per heavy atom. The molecule has 2 rings (SSSR count). The van der Waals surface area contributed by atoms with E-state index in [4.69, 9.17) is 4.74 Å². The van der Waals surface area contributed by atoms with Gasteiger partial charge in [-0.25, -0.2) is 0 Å². The number of benzene rings is 2. The fourth-order valence-corrected chi connectivity index (χ4v) is 2.79. The number of rotatable bonds is 5. The molecule has 0 bridgehead atoms. The molecule has 3 nitrogen and oxygen atoms in total. The lowest BCUT2D eigenvalue weighted by molar-refractivity contribution is -0.157. The molecule has 0 heterocycles. The monoisotopic (exact) mass is 321 g/mol. The summed E-state index contributed by atoms with van der Waals surface area (Å²) in [6, 6.07) is 21.5. The van der Waals surface area contributed by atoms with Crippen molar-refractivity contribution >= 4 is 5.97 Å². The van der Waals surface area contributed by atoms with E-state index in [1.165, 1.54) is 0 Å². The molecule has 0 aliphatic heterocycles. The van der Waals surface area contributed by atoms with Crippen molar-refractivity contribution in [1.82, 2.24) is 0 Å². The third kappa shape index (κ3) is 4.70. The lowest BCUT2D eigenvalue weighted by atomic mass is 9.79. The third-order valence-corrected chi connectivity index (χ3v) is 3.76. The average Bonchev–Trinajstić information content (AvgIpc) is 2.54. The molecule has 2 atom stereocenters. The highest BCUT2D eigenvalue weighted by atomic mass is 16.6. The van der Waals surface area contributed by atoms with Crippen molar-refractivity contribution in [2.75, 3.05) is 0 Å². The van der Waals surface area contributed by atoms with Gasteiger partial charge in [0.05, 0.1) is 12.0 Å². The van der Waals surface area contributed by atoms with Crippen LogP contribution in [0.15, 0.2) is 60.7 Å². The Morgan fingerprint density at radius 3 is 1.96 bits per heavy atom. The largest absolute Gasteiger partial charge is 0.459 e. The fraction of sp³-hybridized carbons (Fsp3) is 0.333. The minimum atomic E-state index is -0.571. The highest BCUT2D eigenvalue weighted by Gasteiger charge is 2.34. The summed E-state index contributed by atoms with van der Waals surface area (Å²) >= 11 is 0. The van der Waals surface area contributed by atoms with Gasteiger partial charge in [-0.15, -0.1) is 0 Å². The minimum Gasteiger partial charge on any atom is -0.459 e. The molecule has 124 valence electrons. The topological polar surface area (TPSA) is 50.1 Å². The quantitative estimate of drug-likeness (QED) is 0.743. The van der Waals surface area contributed by atoms with Crippen LogP contribution in [-0.2, 0) is 9.53 Å². The van der Waals surface area contributed by atoms with E-state index in [2.05, 4.69) is 6.07 Å². The first kappa shape index (κ1) is 17.7. The number of hydrogen-bond acceptors (Lipinski definition) is 3. The standard InChI is InChI=1S/C21H23NO2/c1-21(2,3)24-20(23)19(17-12-8-5-9-13-17)18(14-15-22)16-10-6-4-7-11-16/h4-13,18-19H,14H2,1-3H3/t18-,19+/m1/s1. The summed E-state index contributed by atoms with van der Waals surface area (Å²) in [4.78, 5) is 12.9. The van der Waals surface area contributed by atoms with Crippen molar-refractivity contribution in [3.8, 4) is 6.07 Å². The molecule has 24 heavy (non-hydrogen) atoms. The second-order valence-corrected chi connectivity index (χ2v) is 6.80. The zero-order valence-corrected chi connectivity index (χ0v) is 14.4. The van der Waals surface area contributed by atoms with Gasteiger partial charge in [-0.2, -0.15) is 5.26 Å². The summed E-state index contributed by atoms with van der Waals surface area (Å²) in [5.74, 6) is -1.04. The number of nitrogens with zero attached hydrogens (tertiary/aromatic N) is 1. The van der Waals surface area contributed by atoms with Gasteiger partial charge in [-0.3, -0.25) is 4.79 Å². The lowest BCUT2D eigenvalue weighted by Crippen LogP contribution is -2.30. The van der Waals surface area contributed by atoms with Crippen LogP contribution in [-0.4, -0.2) is 11.6 Å². The second-order valence-electron chi connectivity index (χ2n) is 6.80. The molecule has 0 unspecified atom stereocenters. The Hall–Kier alpha value is -2.60. The molecule has 0 aliphatic rings. The highest BCUT2D eigenvalue weighted by Crippen LogP contribution is 2.37. The Kier molecular flexibility index (Phi) is 5.76. The van der Waals surface area contributed by atoms with E-state index in [1.807, 2.05) is 81.4 Å². The number of nitriles is 1. The van der Waals surface area contributed by atoms with Gasteiger partial charge in [0.15, 0.2) is 0 Å². The number of hydrogen-bond donors (Lipinski definition) is 0. The summed E-state index contributed by atoms with van der Waals surface area (Å²) in [6.45, 7) is 5.57. The van der Waals surface area contributed by atoms with E-state index in [9.17, 15) is 10.1 Å². The van der Waals surface area contributed by atoms with Gasteiger partial charge >= 0.3 is 5.97 Å². The molecule has 2 aromatic carbocycles. The van der Waals surface area contributed by atoms with E-state index >= 15 is 0 Å². The molecular formula is C21H23NO2. The Labute approximate surface area is 143 Å². The molecule has 0 radical (unpaired) electrons. The molecular weight excluding hydrogens is 298 g/mol. The summed E-state index contributed by atoms with van der Waals surface area (Å²) in [7, 11) is 0. The first-order valence-corrected chi connectivity index (χ1v) is 8.12. The predicted octanol–water partition coefficient (Wildman–Crippen LogP) is 4.81. The normalized spacial score (nSPS) is 13.6. The summed E-state index contributed by atoms with van der Waals surface area (Å²) in [6.07, 6.45) is 0.253. The maximum Gasteiger partial charge on any atom is 0.314 e. The fourth-order valence-electron chi connectivity index (χ4n) is 2.79. The van der Waals surface area contributed by atoms with Gasteiger partial charge in [0.1, 0.15) is 5.60 Å². The SMILES string of the molecule is CC(C)(C)OC(=O)[C@@H](c1ccccc1)[C@H](CC#N)c1ccccc1. The van der Waals surface area contributed by atoms with Crippen LogP contribution in [0.2, 0.25) is 0 Å². The van der Waals surface area contributed by atoms with Crippen LogP contribution in [0.3, 0.4) is 0 Å². The van der Waals surface area contributed by atoms with Crippen LogP contribution >= 0.6 is 0 Å². The molecule has 2 aromatic rings. The van der Waals surface area contributed by atoms with Crippen molar-refractivity contribution in [2.24, 2.45) is 0 Å². The van der Waals surface area contributed by atoms with Crippen molar-refractivity contribution in [1.29, 1.82) is 5.26 Å². The zero-order chi connectivity index (χ0) is 17.6. The highest BCUT2D eigenvalue weighted by molar-refractivity contribution is 5.80. The van der Waals surface area contributed by atoms with E-state index < -0.39 is 11.5 Å². The van der Waals surface area contributed by atoms with Crippen LogP contribution in [0.4, 0.5) is 0 Å². The van der Waals surface area contributed by atoms with Crippen molar-refractivity contribution in [3.63, 3.8) is 0 Å². The molecule has 0 aromatic heterocycles. The maximum absolute atomic E-state index is 12.9. The number of ether oxygens (including phenoxy) is 1. The molecule has 0 saturated carbocycles. The van der Waals surface area contributed by atoms with Crippen molar-refractivity contribution in [2.45, 2.75) is 44.6 Å². The van der Waals surface area contributed by atoms with Gasteiger partial charge in [-0.1, -0.05) is 60.7 Å². The van der Waals surface area contributed by atoms with E-state index in [-0.39, 0.29) is 18.3 Å².